The highest BCUT2D eigenvalue weighted by atomic mass is 32.1. The molecule has 56 valence electrons. The van der Waals surface area contributed by atoms with Gasteiger partial charge in [-0.3, -0.25) is 0 Å². The van der Waals surface area contributed by atoms with Gasteiger partial charge in [0.15, 0.2) is 11.5 Å². The minimum absolute atomic E-state index is 0.401. The smallest absolute Gasteiger partial charge is 0.277 e. The van der Waals surface area contributed by atoms with Gasteiger partial charge in [-0.15, -0.1) is 11.3 Å². The van der Waals surface area contributed by atoms with Crippen LogP contribution in [0.3, 0.4) is 0 Å². The zero-order valence-corrected chi connectivity index (χ0v) is 6.21. The molecule has 2 aromatic rings. The number of hydrogen-bond acceptors (Lipinski definition) is 6. The van der Waals surface area contributed by atoms with Gasteiger partial charge in [-0.05, 0) is 0 Å². The Labute approximate surface area is 65.9 Å². The van der Waals surface area contributed by atoms with Crippen molar-refractivity contribution in [2.75, 3.05) is 5.73 Å². The fraction of sp³-hybridized carbons (Fsp3) is 0. The van der Waals surface area contributed by atoms with Crippen molar-refractivity contribution in [2.45, 2.75) is 0 Å². The molecular formula is C5H4N4OS. The van der Waals surface area contributed by atoms with Crippen LogP contribution in [0.1, 0.15) is 0 Å². The normalized spacial score (nSPS) is 10.2. The largest absolute Gasteiger partial charge is 0.375 e. The number of thiazole rings is 1. The predicted molar refractivity (Wildman–Crippen MR) is 39.8 cm³/mol. The number of nitrogens with zero attached hydrogens (tertiary/aromatic N) is 3. The Morgan fingerprint density at radius 3 is 3.00 bits per heavy atom. The highest BCUT2D eigenvalue weighted by molar-refractivity contribution is 7.13. The van der Waals surface area contributed by atoms with E-state index in [1.54, 1.807) is 5.38 Å². The first kappa shape index (κ1) is 6.29. The third kappa shape index (κ3) is 1.07. The van der Waals surface area contributed by atoms with Crippen LogP contribution in [0.15, 0.2) is 16.2 Å². The quantitative estimate of drug-likeness (QED) is 0.680. The van der Waals surface area contributed by atoms with E-state index < -0.39 is 0 Å². The summed E-state index contributed by atoms with van der Waals surface area (Å²) in [6, 6.07) is 0. The first-order valence-electron chi connectivity index (χ1n) is 2.84. The summed E-state index contributed by atoms with van der Waals surface area (Å²) < 4.78 is 4.76. The molecule has 6 heteroatoms. The van der Waals surface area contributed by atoms with Gasteiger partial charge >= 0.3 is 0 Å². The first-order valence-corrected chi connectivity index (χ1v) is 3.72. The number of nitrogen functional groups attached to an aromatic ring is 1. The second-order valence-corrected chi connectivity index (χ2v) is 2.71. The molecule has 0 spiro atoms. The number of anilines is 1. The predicted octanol–water partition coefficient (Wildman–Crippen LogP) is 0.775. The van der Waals surface area contributed by atoms with Crippen LogP contribution in [0, 0.1) is 0 Å². The van der Waals surface area contributed by atoms with Crippen LogP contribution in [-0.2, 0) is 0 Å². The van der Waals surface area contributed by atoms with Gasteiger partial charge in [0.2, 0.25) is 0 Å². The lowest BCUT2D eigenvalue weighted by Crippen LogP contribution is -1.82. The van der Waals surface area contributed by atoms with Gasteiger partial charge in [-0.2, -0.15) is 4.98 Å². The number of aromatic nitrogens is 3. The van der Waals surface area contributed by atoms with Crippen molar-refractivity contribution in [1.82, 2.24) is 15.1 Å². The highest BCUT2D eigenvalue weighted by Gasteiger charge is 2.06. The molecule has 2 heterocycles. The summed E-state index contributed by atoms with van der Waals surface area (Å²) in [7, 11) is 0. The molecule has 0 amide bonds. The molecule has 0 atom stereocenters. The molecule has 0 aliphatic carbocycles. The zero-order valence-electron chi connectivity index (χ0n) is 5.39. The minimum Gasteiger partial charge on any atom is -0.375 e. The van der Waals surface area contributed by atoms with Crippen LogP contribution in [0.2, 0.25) is 0 Å². The van der Waals surface area contributed by atoms with Crippen LogP contribution in [0.5, 0.6) is 0 Å². The highest BCUT2D eigenvalue weighted by Crippen LogP contribution is 2.19. The zero-order chi connectivity index (χ0) is 7.68. The maximum atomic E-state index is 5.40. The van der Waals surface area contributed by atoms with Crippen LogP contribution >= 0.6 is 11.3 Å². The lowest BCUT2D eigenvalue weighted by atomic mass is 10.5. The molecule has 2 aromatic heterocycles. The van der Waals surface area contributed by atoms with Crippen LogP contribution < -0.4 is 5.73 Å². The summed E-state index contributed by atoms with van der Waals surface area (Å²) in [5.41, 5.74) is 6.03. The average Bonchev–Trinajstić information content (AvgIpc) is 2.55. The summed E-state index contributed by atoms with van der Waals surface area (Å²) in [5, 5.41) is 5.71. The van der Waals surface area contributed by atoms with Gasteiger partial charge in [0.1, 0.15) is 5.69 Å². The molecule has 0 aromatic carbocycles. The van der Waals surface area contributed by atoms with Crippen molar-refractivity contribution in [3.05, 3.63) is 11.7 Å². The Balaban J connectivity index is 2.45. The van der Waals surface area contributed by atoms with Gasteiger partial charge in [0, 0.05) is 5.38 Å². The Morgan fingerprint density at radius 2 is 2.45 bits per heavy atom. The van der Waals surface area contributed by atoms with E-state index in [-0.39, 0.29) is 0 Å². The van der Waals surface area contributed by atoms with E-state index in [0.717, 1.165) is 0 Å². The Kier molecular flexibility index (Phi) is 1.32. The van der Waals surface area contributed by atoms with Gasteiger partial charge in [0.25, 0.3) is 5.89 Å². The lowest BCUT2D eigenvalue weighted by molar-refractivity contribution is 0.429. The van der Waals surface area contributed by atoms with E-state index in [0.29, 0.717) is 16.7 Å². The maximum absolute atomic E-state index is 5.40. The second kappa shape index (κ2) is 2.31. The molecular weight excluding hydrogens is 164 g/mol. The van der Waals surface area contributed by atoms with Gasteiger partial charge in [-0.1, -0.05) is 5.16 Å². The number of nitrogens with two attached hydrogens (primary N) is 1. The average molecular weight is 168 g/mol. The molecule has 0 unspecified atom stereocenters. The van der Waals surface area contributed by atoms with Crippen molar-refractivity contribution in [2.24, 2.45) is 0 Å². The molecule has 0 aliphatic heterocycles. The molecule has 0 radical (unpaired) electrons. The fourth-order valence-corrected chi connectivity index (χ4v) is 1.21. The molecule has 0 saturated heterocycles. The lowest BCUT2D eigenvalue weighted by Gasteiger charge is -1.80. The van der Waals surface area contributed by atoms with E-state index in [1.807, 2.05) is 0 Å². The third-order valence-corrected chi connectivity index (χ3v) is 1.78. The fourth-order valence-electron chi connectivity index (χ4n) is 0.672. The third-order valence-electron chi connectivity index (χ3n) is 1.10. The van der Waals surface area contributed by atoms with Crippen molar-refractivity contribution in [1.29, 1.82) is 0 Å². The molecule has 0 aliphatic rings. The molecule has 11 heavy (non-hydrogen) atoms. The second-order valence-electron chi connectivity index (χ2n) is 1.82. The maximum Gasteiger partial charge on any atom is 0.277 e. The summed E-state index contributed by atoms with van der Waals surface area (Å²) >= 11 is 1.34. The van der Waals surface area contributed by atoms with Crippen molar-refractivity contribution in [3.63, 3.8) is 0 Å². The van der Waals surface area contributed by atoms with E-state index in [9.17, 15) is 0 Å². The number of hydrogen-bond donors (Lipinski definition) is 1. The van der Waals surface area contributed by atoms with Crippen LogP contribution in [0.25, 0.3) is 11.6 Å². The van der Waals surface area contributed by atoms with Gasteiger partial charge < -0.3 is 10.3 Å². The van der Waals surface area contributed by atoms with Crippen molar-refractivity contribution < 1.29 is 4.52 Å². The first-order chi connectivity index (χ1) is 5.36. The van der Waals surface area contributed by atoms with Crippen molar-refractivity contribution in [3.8, 4) is 11.6 Å². The molecule has 5 nitrogen and oxygen atoms in total. The molecule has 0 saturated carbocycles. The van der Waals surface area contributed by atoms with Crippen molar-refractivity contribution >= 4 is 16.5 Å². The summed E-state index contributed by atoms with van der Waals surface area (Å²) in [4.78, 5) is 7.76. The Morgan fingerprint density at radius 1 is 1.55 bits per heavy atom. The molecule has 0 fully saturated rings. The summed E-state index contributed by atoms with van der Waals surface area (Å²) in [5.74, 6) is 0.401. The van der Waals surface area contributed by atoms with Crippen LogP contribution in [0.4, 0.5) is 5.13 Å². The molecule has 2 rings (SSSR count). The molecule has 0 bridgehead atoms. The van der Waals surface area contributed by atoms with E-state index >= 15 is 0 Å². The monoisotopic (exact) mass is 168 g/mol. The SMILES string of the molecule is Nc1nc(-c2ncno2)cs1. The van der Waals surface area contributed by atoms with E-state index in [4.69, 9.17) is 10.3 Å². The van der Waals surface area contributed by atoms with Gasteiger partial charge in [-0.25, -0.2) is 4.98 Å². The Bertz CT molecular complexity index is 341. The van der Waals surface area contributed by atoms with E-state index in [1.165, 1.54) is 17.7 Å². The van der Waals surface area contributed by atoms with E-state index in [2.05, 4.69) is 15.1 Å². The van der Waals surface area contributed by atoms with Crippen LogP contribution in [-0.4, -0.2) is 15.1 Å². The summed E-state index contributed by atoms with van der Waals surface area (Å²) in [6.45, 7) is 0. The topological polar surface area (TPSA) is 77.8 Å². The summed E-state index contributed by atoms with van der Waals surface area (Å²) in [6.07, 6.45) is 1.32. The standard InChI is InChI=1S/C5H4N4OS/c6-5-9-3(1-11-5)4-7-2-8-10-4/h1-2H,(H2,6,9). The minimum atomic E-state index is 0.401. The Hall–Kier alpha value is -1.43. The van der Waals surface area contributed by atoms with Gasteiger partial charge in [0.05, 0.1) is 0 Å². The number of rotatable bonds is 1. The molecule has 2 N–H and O–H groups in total.